The molecule has 0 radical (unpaired) electrons. The number of anilines is 1. The van der Waals surface area contributed by atoms with Crippen molar-refractivity contribution < 1.29 is 9.53 Å². The quantitative estimate of drug-likeness (QED) is 0.840. The molecular weight excluding hydrogens is 276 g/mol. The van der Waals surface area contributed by atoms with Crippen molar-refractivity contribution in [1.82, 2.24) is 14.6 Å². The molecule has 0 aliphatic carbocycles. The average Bonchev–Trinajstić information content (AvgIpc) is 2.58. The summed E-state index contributed by atoms with van der Waals surface area (Å²) in [7, 11) is 0. The lowest BCUT2D eigenvalue weighted by Crippen LogP contribution is -2.06. The zero-order valence-corrected chi connectivity index (χ0v) is 10.1. The van der Waals surface area contributed by atoms with E-state index in [4.69, 9.17) is 10.5 Å². The summed E-state index contributed by atoms with van der Waals surface area (Å²) in [5.41, 5.74) is 6.51. The Morgan fingerprint density at radius 1 is 1.69 bits per heavy atom. The van der Waals surface area contributed by atoms with Crippen molar-refractivity contribution in [1.29, 1.82) is 0 Å². The van der Waals surface area contributed by atoms with Crippen LogP contribution in [-0.2, 0) is 4.74 Å². The Balaban J connectivity index is 2.66. The number of aromatic nitrogens is 3. The number of halogens is 1. The maximum atomic E-state index is 11.7. The molecule has 84 valence electrons. The van der Waals surface area contributed by atoms with E-state index in [1.165, 1.54) is 10.8 Å². The van der Waals surface area contributed by atoms with E-state index in [9.17, 15) is 4.79 Å². The molecule has 0 saturated heterocycles. The molecule has 0 aliphatic rings. The van der Waals surface area contributed by atoms with Gasteiger partial charge < -0.3 is 10.5 Å². The minimum absolute atomic E-state index is 0.240. The number of hydrogen-bond donors (Lipinski definition) is 1. The van der Waals surface area contributed by atoms with E-state index in [0.29, 0.717) is 22.3 Å². The van der Waals surface area contributed by atoms with E-state index >= 15 is 0 Å². The molecule has 0 spiro atoms. The largest absolute Gasteiger partial charge is 0.462 e. The molecule has 0 aliphatic heterocycles. The van der Waals surface area contributed by atoms with Crippen molar-refractivity contribution in [3.63, 3.8) is 0 Å². The Morgan fingerprint density at radius 2 is 2.44 bits per heavy atom. The molecule has 0 bridgehead atoms. The van der Waals surface area contributed by atoms with Crippen molar-refractivity contribution in [3.8, 4) is 0 Å². The van der Waals surface area contributed by atoms with Crippen LogP contribution in [0.15, 0.2) is 17.0 Å². The second-order valence-corrected chi connectivity index (χ2v) is 3.82. The summed E-state index contributed by atoms with van der Waals surface area (Å²) >= 11 is 3.28. The molecule has 0 amide bonds. The molecule has 0 saturated carbocycles. The fraction of sp³-hybridized carbons (Fsp3) is 0.222. The number of nitrogen functional groups attached to an aromatic ring is 1. The van der Waals surface area contributed by atoms with Gasteiger partial charge in [0.2, 0.25) is 0 Å². The van der Waals surface area contributed by atoms with Gasteiger partial charge in [-0.2, -0.15) is 5.10 Å². The number of esters is 1. The Hall–Kier alpha value is -1.63. The van der Waals surface area contributed by atoms with Gasteiger partial charge in [-0.3, -0.25) is 0 Å². The molecule has 2 aromatic heterocycles. The van der Waals surface area contributed by atoms with Crippen molar-refractivity contribution in [2.45, 2.75) is 6.92 Å². The van der Waals surface area contributed by atoms with Gasteiger partial charge >= 0.3 is 5.97 Å². The molecule has 16 heavy (non-hydrogen) atoms. The molecule has 0 fully saturated rings. The van der Waals surface area contributed by atoms with Crippen molar-refractivity contribution in [2.75, 3.05) is 12.3 Å². The third kappa shape index (κ3) is 1.63. The molecule has 2 heterocycles. The molecule has 0 aromatic carbocycles. The Kier molecular flexibility index (Phi) is 2.78. The first-order valence-corrected chi connectivity index (χ1v) is 5.39. The minimum Gasteiger partial charge on any atom is -0.462 e. The molecule has 2 aromatic rings. The van der Waals surface area contributed by atoms with Gasteiger partial charge in [0.05, 0.1) is 12.2 Å². The smallest absolute Gasteiger partial charge is 0.340 e. The van der Waals surface area contributed by atoms with Crippen LogP contribution in [0.3, 0.4) is 0 Å². The maximum absolute atomic E-state index is 11.7. The number of nitrogens with zero attached hydrogens (tertiary/aromatic N) is 3. The van der Waals surface area contributed by atoms with Crippen LogP contribution in [0.5, 0.6) is 0 Å². The number of hydrogen-bond acceptors (Lipinski definition) is 5. The normalized spacial score (nSPS) is 10.6. The number of nitrogens with two attached hydrogens (primary N) is 1. The number of ether oxygens (including phenoxy) is 1. The third-order valence-corrected chi connectivity index (χ3v) is 2.60. The van der Waals surface area contributed by atoms with Gasteiger partial charge in [0.25, 0.3) is 0 Å². The van der Waals surface area contributed by atoms with E-state index < -0.39 is 5.97 Å². The number of fused-ring (bicyclic) bond motifs is 1. The van der Waals surface area contributed by atoms with Gasteiger partial charge in [0.1, 0.15) is 16.4 Å². The second kappa shape index (κ2) is 4.09. The third-order valence-electron chi connectivity index (χ3n) is 2.03. The number of carbonyl (C=O) groups is 1. The SMILES string of the molecule is CCOC(=O)c1cc(Br)n2ncnc(N)c12. The van der Waals surface area contributed by atoms with E-state index in [-0.39, 0.29) is 5.82 Å². The summed E-state index contributed by atoms with van der Waals surface area (Å²) in [4.78, 5) is 15.5. The van der Waals surface area contributed by atoms with Gasteiger partial charge in [-0.15, -0.1) is 0 Å². The summed E-state index contributed by atoms with van der Waals surface area (Å²) in [5, 5.41) is 3.98. The monoisotopic (exact) mass is 284 g/mol. The lowest BCUT2D eigenvalue weighted by molar-refractivity contribution is 0.0528. The molecular formula is C9H9BrN4O2. The van der Waals surface area contributed by atoms with E-state index in [1.54, 1.807) is 13.0 Å². The Bertz CT molecular complexity index is 552. The zero-order chi connectivity index (χ0) is 11.7. The van der Waals surface area contributed by atoms with Crippen LogP contribution < -0.4 is 5.73 Å². The predicted octanol–water partition coefficient (Wildman–Crippen LogP) is 1.25. The summed E-state index contributed by atoms with van der Waals surface area (Å²) in [6.45, 7) is 2.05. The lowest BCUT2D eigenvalue weighted by atomic mass is 10.3. The zero-order valence-electron chi connectivity index (χ0n) is 8.48. The lowest BCUT2D eigenvalue weighted by Gasteiger charge is -2.01. The van der Waals surface area contributed by atoms with Gasteiger partial charge in [-0.05, 0) is 28.9 Å². The fourth-order valence-electron chi connectivity index (χ4n) is 1.39. The highest BCUT2D eigenvalue weighted by molar-refractivity contribution is 9.10. The molecule has 0 unspecified atom stereocenters. The van der Waals surface area contributed by atoms with E-state index in [0.717, 1.165) is 0 Å². The van der Waals surface area contributed by atoms with Crippen molar-refractivity contribution in [3.05, 3.63) is 22.6 Å². The molecule has 2 rings (SSSR count). The van der Waals surface area contributed by atoms with Crippen LogP contribution in [0.4, 0.5) is 5.82 Å². The first kappa shape index (κ1) is 10.9. The highest BCUT2D eigenvalue weighted by Crippen LogP contribution is 2.24. The first-order chi connectivity index (χ1) is 7.65. The Labute approximate surface area is 99.5 Å². The first-order valence-electron chi connectivity index (χ1n) is 4.60. The fourth-order valence-corrected chi connectivity index (χ4v) is 1.89. The second-order valence-electron chi connectivity index (χ2n) is 3.01. The van der Waals surface area contributed by atoms with Crippen molar-refractivity contribution >= 4 is 33.2 Å². The number of carbonyl (C=O) groups excluding carboxylic acids is 1. The standard InChI is InChI=1S/C9H9BrN4O2/c1-2-16-9(15)5-3-6(10)14-7(5)8(11)12-4-13-14/h3-4H,2H2,1H3,(H2,11,12,13). The van der Waals surface area contributed by atoms with E-state index in [2.05, 4.69) is 26.0 Å². The molecule has 2 N–H and O–H groups in total. The van der Waals surface area contributed by atoms with Crippen LogP contribution in [0.2, 0.25) is 0 Å². The van der Waals surface area contributed by atoms with Crippen LogP contribution in [0, 0.1) is 0 Å². The van der Waals surface area contributed by atoms with Crippen molar-refractivity contribution in [2.24, 2.45) is 0 Å². The van der Waals surface area contributed by atoms with Gasteiger partial charge in [-0.1, -0.05) is 0 Å². The van der Waals surface area contributed by atoms with Crippen LogP contribution in [0.1, 0.15) is 17.3 Å². The van der Waals surface area contributed by atoms with Gasteiger partial charge in [0, 0.05) is 0 Å². The van der Waals surface area contributed by atoms with E-state index in [1.807, 2.05) is 0 Å². The van der Waals surface area contributed by atoms with Gasteiger partial charge in [0.15, 0.2) is 5.82 Å². The number of rotatable bonds is 2. The molecule has 7 heteroatoms. The van der Waals surface area contributed by atoms with Crippen LogP contribution in [-0.4, -0.2) is 27.2 Å². The topological polar surface area (TPSA) is 82.5 Å². The molecule has 0 atom stereocenters. The summed E-state index contributed by atoms with van der Waals surface area (Å²) < 4.78 is 7.04. The summed E-state index contributed by atoms with van der Waals surface area (Å²) in [5.74, 6) is -0.198. The average molecular weight is 285 g/mol. The maximum Gasteiger partial charge on any atom is 0.340 e. The van der Waals surface area contributed by atoms with Crippen LogP contribution >= 0.6 is 15.9 Å². The predicted molar refractivity (Wildman–Crippen MR) is 61.1 cm³/mol. The Morgan fingerprint density at radius 3 is 3.12 bits per heavy atom. The highest BCUT2D eigenvalue weighted by atomic mass is 79.9. The summed E-state index contributed by atoms with van der Waals surface area (Å²) in [6, 6.07) is 1.61. The van der Waals surface area contributed by atoms with Gasteiger partial charge in [-0.25, -0.2) is 14.3 Å². The highest BCUT2D eigenvalue weighted by Gasteiger charge is 2.18. The van der Waals surface area contributed by atoms with Crippen LogP contribution in [0.25, 0.3) is 5.52 Å². The molecule has 6 nitrogen and oxygen atoms in total. The minimum atomic E-state index is -0.438. The summed E-state index contributed by atoms with van der Waals surface area (Å²) in [6.07, 6.45) is 1.32.